The summed E-state index contributed by atoms with van der Waals surface area (Å²) >= 11 is 0. The summed E-state index contributed by atoms with van der Waals surface area (Å²) in [6.45, 7) is 13.9. The third-order valence-corrected chi connectivity index (χ3v) is 8.84. The summed E-state index contributed by atoms with van der Waals surface area (Å²) in [6, 6.07) is 5.20. The van der Waals surface area contributed by atoms with Gasteiger partial charge in [0.15, 0.2) is 8.32 Å². The van der Waals surface area contributed by atoms with Crippen LogP contribution < -0.4 is 4.74 Å². The van der Waals surface area contributed by atoms with Gasteiger partial charge in [-0.1, -0.05) is 39.5 Å². The lowest BCUT2D eigenvalue weighted by Crippen LogP contribution is -2.42. The molecule has 1 unspecified atom stereocenters. The maximum Gasteiger partial charge on any atom is 0.573 e. The van der Waals surface area contributed by atoms with Gasteiger partial charge in [-0.3, -0.25) is 0 Å². The molecule has 0 spiro atoms. The summed E-state index contributed by atoms with van der Waals surface area (Å²) in [7, 11) is -1.07. The van der Waals surface area contributed by atoms with Crippen molar-refractivity contribution in [2.24, 2.45) is 0 Å². The second-order valence-corrected chi connectivity index (χ2v) is 12.1. The second-order valence-electron chi connectivity index (χ2n) is 7.39. The van der Waals surface area contributed by atoms with E-state index >= 15 is 0 Å². The molecule has 0 aliphatic heterocycles. The quantitative estimate of drug-likeness (QED) is 0.372. The summed E-state index contributed by atoms with van der Waals surface area (Å²) in [6.07, 6.45) is -5.59. The summed E-state index contributed by atoms with van der Waals surface area (Å²) < 4.78 is 51.8. The first-order chi connectivity index (χ1) is 11.7. The SMILES string of the molecule is C=C(C(=O)OC)C(O[Si](C)(C)C(C)(C)C)c1ccc(OC(F)(F)F)cc1. The van der Waals surface area contributed by atoms with Gasteiger partial charge in [0.2, 0.25) is 0 Å². The molecule has 0 aromatic heterocycles. The molecule has 4 nitrogen and oxygen atoms in total. The van der Waals surface area contributed by atoms with Gasteiger partial charge in [0.1, 0.15) is 11.9 Å². The van der Waals surface area contributed by atoms with Crippen molar-refractivity contribution >= 4 is 14.3 Å². The van der Waals surface area contributed by atoms with E-state index in [-0.39, 0.29) is 16.4 Å². The topological polar surface area (TPSA) is 44.8 Å². The van der Waals surface area contributed by atoms with E-state index in [0.717, 1.165) is 0 Å². The van der Waals surface area contributed by atoms with Gasteiger partial charge in [0.05, 0.1) is 12.7 Å². The van der Waals surface area contributed by atoms with Crippen LogP contribution in [0.1, 0.15) is 32.4 Å². The number of halogens is 3. The Balaban J connectivity index is 3.21. The highest BCUT2D eigenvalue weighted by molar-refractivity contribution is 6.74. The lowest BCUT2D eigenvalue weighted by molar-refractivity contribution is -0.274. The number of hydrogen-bond acceptors (Lipinski definition) is 4. The van der Waals surface area contributed by atoms with E-state index in [0.29, 0.717) is 5.56 Å². The fourth-order valence-electron chi connectivity index (χ4n) is 1.89. The predicted molar refractivity (Wildman–Crippen MR) is 95.3 cm³/mol. The molecular weight excluding hydrogens is 365 g/mol. The molecule has 1 atom stereocenters. The fourth-order valence-corrected chi connectivity index (χ4v) is 3.12. The van der Waals surface area contributed by atoms with Crippen molar-refractivity contribution in [3.05, 3.63) is 42.0 Å². The molecule has 0 saturated heterocycles. The largest absolute Gasteiger partial charge is 0.573 e. The first-order valence-electron chi connectivity index (χ1n) is 7.98. The van der Waals surface area contributed by atoms with E-state index in [4.69, 9.17) is 9.16 Å². The number of methoxy groups -OCH3 is 1. The Hall–Kier alpha value is -1.80. The first kappa shape index (κ1) is 22.2. The molecule has 26 heavy (non-hydrogen) atoms. The number of rotatable bonds is 6. The van der Waals surface area contributed by atoms with Crippen LogP contribution in [0.25, 0.3) is 0 Å². The van der Waals surface area contributed by atoms with Crippen molar-refractivity contribution < 1.29 is 31.9 Å². The van der Waals surface area contributed by atoms with Gasteiger partial charge in [-0.05, 0) is 35.8 Å². The Morgan fingerprint density at radius 1 is 1.12 bits per heavy atom. The minimum atomic E-state index is -4.77. The lowest BCUT2D eigenvalue weighted by Gasteiger charge is -2.39. The summed E-state index contributed by atoms with van der Waals surface area (Å²) in [4.78, 5) is 12.0. The van der Waals surface area contributed by atoms with E-state index < -0.39 is 26.8 Å². The Labute approximate surface area is 153 Å². The molecule has 0 amide bonds. The van der Waals surface area contributed by atoms with Crippen LogP contribution in [-0.2, 0) is 14.0 Å². The van der Waals surface area contributed by atoms with Crippen molar-refractivity contribution in [3.63, 3.8) is 0 Å². The van der Waals surface area contributed by atoms with Crippen LogP contribution in [0.3, 0.4) is 0 Å². The molecule has 0 heterocycles. The Morgan fingerprint density at radius 2 is 1.62 bits per heavy atom. The van der Waals surface area contributed by atoms with E-state index in [1.165, 1.54) is 31.4 Å². The zero-order valence-electron chi connectivity index (χ0n) is 15.9. The van der Waals surface area contributed by atoms with Crippen LogP contribution in [0.15, 0.2) is 36.4 Å². The maximum atomic E-state index is 12.3. The van der Waals surface area contributed by atoms with E-state index in [1.807, 2.05) is 33.9 Å². The normalized spacial score (nSPS) is 13.9. The highest BCUT2D eigenvalue weighted by atomic mass is 28.4. The molecule has 0 fully saturated rings. The Bertz CT molecular complexity index is 646. The van der Waals surface area contributed by atoms with Gasteiger partial charge in [0.25, 0.3) is 0 Å². The summed E-state index contributed by atoms with van der Waals surface area (Å²) in [5.41, 5.74) is 0.585. The van der Waals surface area contributed by atoms with Crippen molar-refractivity contribution in [2.45, 2.75) is 51.4 Å². The molecule has 0 aliphatic rings. The number of ether oxygens (including phenoxy) is 2. The van der Waals surface area contributed by atoms with Crippen LogP contribution in [-0.4, -0.2) is 27.8 Å². The van der Waals surface area contributed by atoms with Gasteiger partial charge < -0.3 is 13.9 Å². The van der Waals surface area contributed by atoms with Gasteiger partial charge in [-0.25, -0.2) is 4.79 Å². The van der Waals surface area contributed by atoms with Gasteiger partial charge in [0, 0.05) is 0 Å². The van der Waals surface area contributed by atoms with Crippen LogP contribution in [0.2, 0.25) is 18.1 Å². The van der Waals surface area contributed by atoms with Crippen LogP contribution in [0.5, 0.6) is 5.75 Å². The van der Waals surface area contributed by atoms with Crippen LogP contribution >= 0.6 is 0 Å². The molecule has 0 aliphatic carbocycles. The Morgan fingerprint density at radius 3 is 2.00 bits per heavy atom. The predicted octanol–water partition coefficient (Wildman–Crippen LogP) is 5.38. The third-order valence-electron chi connectivity index (χ3n) is 4.40. The summed E-state index contributed by atoms with van der Waals surface area (Å²) in [5.74, 6) is -0.986. The van der Waals surface area contributed by atoms with Crippen LogP contribution in [0, 0.1) is 0 Å². The highest BCUT2D eigenvalue weighted by Gasteiger charge is 2.41. The number of benzene rings is 1. The monoisotopic (exact) mass is 390 g/mol. The first-order valence-corrected chi connectivity index (χ1v) is 10.9. The van der Waals surface area contributed by atoms with Crippen molar-refractivity contribution in [2.75, 3.05) is 7.11 Å². The van der Waals surface area contributed by atoms with Gasteiger partial charge in [-0.15, -0.1) is 13.2 Å². The molecule has 146 valence electrons. The molecular formula is C18H25F3O4Si. The van der Waals surface area contributed by atoms with Crippen molar-refractivity contribution in [1.29, 1.82) is 0 Å². The number of carbonyl (C=O) groups excluding carboxylic acids is 1. The van der Waals surface area contributed by atoms with Gasteiger partial charge in [-0.2, -0.15) is 0 Å². The van der Waals surface area contributed by atoms with Crippen molar-refractivity contribution in [3.8, 4) is 5.75 Å². The second kappa shape index (κ2) is 7.83. The number of carbonyl (C=O) groups is 1. The van der Waals surface area contributed by atoms with E-state index in [2.05, 4.69) is 11.3 Å². The molecule has 8 heteroatoms. The maximum absolute atomic E-state index is 12.3. The molecule has 1 aromatic rings. The van der Waals surface area contributed by atoms with E-state index in [1.54, 1.807) is 0 Å². The standard InChI is InChI=1S/C18H25F3O4Si/c1-12(16(22)23-5)15(25-26(6,7)17(2,3)4)13-8-10-14(11-9-13)24-18(19,20)21/h8-11,15H,1H2,2-7H3. The minimum Gasteiger partial charge on any atom is -0.466 e. The number of alkyl halides is 3. The summed E-state index contributed by atoms with van der Waals surface area (Å²) in [5, 5.41) is -0.138. The molecule has 0 bridgehead atoms. The molecule has 0 N–H and O–H groups in total. The van der Waals surface area contributed by atoms with Crippen LogP contribution in [0.4, 0.5) is 13.2 Å². The molecule has 1 aromatic carbocycles. The highest BCUT2D eigenvalue weighted by Crippen LogP contribution is 2.41. The van der Waals surface area contributed by atoms with Crippen molar-refractivity contribution in [1.82, 2.24) is 0 Å². The molecule has 1 rings (SSSR count). The zero-order valence-corrected chi connectivity index (χ0v) is 16.9. The fraction of sp³-hybridized carbons (Fsp3) is 0.500. The average molecular weight is 390 g/mol. The van der Waals surface area contributed by atoms with Gasteiger partial charge >= 0.3 is 12.3 Å². The minimum absolute atomic E-state index is 0.0850. The molecule has 0 radical (unpaired) electrons. The number of esters is 1. The third kappa shape index (κ3) is 5.88. The molecule has 0 saturated carbocycles. The van der Waals surface area contributed by atoms with E-state index in [9.17, 15) is 18.0 Å². The smallest absolute Gasteiger partial charge is 0.466 e. The average Bonchev–Trinajstić information content (AvgIpc) is 2.49. The Kier molecular flexibility index (Phi) is 6.70. The number of hydrogen-bond donors (Lipinski definition) is 0. The zero-order chi connectivity index (χ0) is 20.3. The lowest BCUT2D eigenvalue weighted by atomic mass is 10.0.